The molecule has 0 fully saturated rings. The van der Waals surface area contributed by atoms with E-state index in [0.717, 1.165) is 12.8 Å². The van der Waals surface area contributed by atoms with Gasteiger partial charge in [-0.2, -0.15) is 0 Å². The summed E-state index contributed by atoms with van der Waals surface area (Å²) < 4.78 is 5.32. The summed E-state index contributed by atoms with van der Waals surface area (Å²) in [5, 5.41) is 8.99. The highest BCUT2D eigenvalue weighted by atomic mass is 16.6. The second-order valence-electron chi connectivity index (χ2n) is 5.33. The fourth-order valence-corrected chi connectivity index (χ4v) is 1.56. The second-order valence-corrected chi connectivity index (χ2v) is 5.33. The number of amides is 1. The maximum absolute atomic E-state index is 11.9. The van der Waals surface area contributed by atoms with Crippen molar-refractivity contribution in [2.45, 2.75) is 53.1 Å². The molecule has 0 aromatic rings. The lowest BCUT2D eigenvalue weighted by molar-refractivity contribution is 0.0185. The van der Waals surface area contributed by atoms with Gasteiger partial charge in [-0.1, -0.05) is 26.7 Å². The molecule has 0 bridgehead atoms. The largest absolute Gasteiger partial charge is 0.444 e. The first-order valence-electron chi connectivity index (χ1n) is 6.42. The Morgan fingerprint density at radius 1 is 1.29 bits per heavy atom. The van der Waals surface area contributed by atoms with Gasteiger partial charge in [0.05, 0.1) is 6.61 Å². The van der Waals surface area contributed by atoms with E-state index in [-0.39, 0.29) is 12.7 Å². The van der Waals surface area contributed by atoms with E-state index in [1.165, 1.54) is 0 Å². The molecule has 1 amide bonds. The molecule has 0 aliphatic carbocycles. The van der Waals surface area contributed by atoms with Crippen LogP contribution in [0.1, 0.15) is 47.5 Å². The molecule has 102 valence electrons. The van der Waals surface area contributed by atoms with Crippen LogP contribution in [0.4, 0.5) is 4.79 Å². The van der Waals surface area contributed by atoms with Crippen molar-refractivity contribution in [2.24, 2.45) is 5.92 Å². The van der Waals surface area contributed by atoms with Crippen LogP contribution in [0.25, 0.3) is 0 Å². The van der Waals surface area contributed by atoms with E-state index in [1.54, 1.807) is 4.90 Å². The number of aliphatic hydroxyl groups is 1. The molecular formula is C13H27NO3. The maximum Gasteiger partial charge on any atom is 0.410 e. The van der Waals surface area contributed by atoms with Crippen LogP contribution in [0.15, 0.2) is 0 Å². The highest BCUT2D eigenvalue weighted by molar-refractivity contribution is 5.68. The molecule has 0 aliphatic rings. The summed E-state index contributed by atoms with van der Waals surface area (Å²) in [4.78, 5) is 13.5. The van der Waals surface area contributed by atoms with Crippen LogP contribution in [0, 0.1) is 5.92 Å². The van der Waals surface area contributed by atoms with Crippen molar-refractivity contribution in [3.8, 4) is 0 Å². The monoisotopic (exact) mass is 245 g/mol. The van der Waals surface area contributed by atoms with Gasteiger partial charge in [0.1, 0.15) is 5.60 Å². The van der Waals surface area contributed by atoms with Crippen molar-refractivity contribution >= 4 is 6.09 Å². The van der Waals surface area contributed by atoms with Crippen LogP contribution in [-0.4, -0.2) is 41.4 Å². The van der Waals surface area contributed by atoms with Gasteiger partial charge in [-0.05, 0) is 26.7 Å². The predicted octanol–water partition coefficient (Wildman–Crippen LogP) is 2.65. The second kappa shape index (κ2) is 7.54. The predicted molar refractivity (Wildman–Crippen MR) is 69.0 cm³/mol. The standard InChI is InChI=1S/C13H27NO3/c1-6-11(7-2)10-14(8-9-15)12(16)17-13(3,4)5/h11,15H,6-10H2,1-5H3. The van der Waals surface area contributed by atoms with E-state index >= 15 is 0 Å². The van der Waals surface area contributed by atoms with Crippen LogP contribution in [0.5, 0.6) is 0 Å². The third-order valence-corrected chi connectivity index (χ3v) is 2.65. The first-order valence-corrected chi connectivity index (χ1v) is 6.42. The van der Waals surface area contributed by atoms with Crippen molar-refractivity contribution in [3.05, 3.63) is 0 Å². The molecule has 4 nitrogen and oxygen atoms in total. The molecule has 0 atom stereocenters. The van der Waals surface area contributed by atoms with Gasteiger partial charge in [0.25, 0.3) is 0 Å². The number of rotatable bonds is 6. The average molecular weight is 245 g/mol. The third-order valence-electron chi connectivity index (χ3n) is 2.65. The molecule has 0 radical (unpaired) electrons. The molecule has 0 spiro atoms. The summed E-state index contributed by atoms with van der Waals surface area (Å²) in [5.41, 5.74) is -0.487. The minimum Gasteiger partial charge on any atom is -0.444 e. The Hall–Kier alpha value is -0.770. The van der Waals surface area contributed by atoms with E-state index in [1.807, 2.05) is 20.8 Å². The number of ether oxygens (including phenoxy) is 1. The van der Waals surface area contributed by atoms with Crippen LogP contribution < -0.4 is 0 Å². The zero-order valence-corrected chi connectivity index (χ0v) is 11.8. The van der Waals surface area contributed by atoms with Gasteiger partial charge < -0.3 is 14.7 Å². The number of hydrogen-bond donors (Lipinski definition) is 1. The van der Waals surface area contributed by atoms with Crippen LogP contribution in [-0.2, 0) is 4.74 Å². The highest BCUT2D eigenvalue weighted by Crippen LogP contribution is 2.14. The Morgan fingerprint density at radius 3 is 2.18 bits per heavy atom. The highest BCUT2D eigenvalue weighted by Gasteiger charge is 2.23. The van der Waals surface area contributed by atoms with Crippen molar-refractivity contribution in [1.82, 2.24) is 4.90 Å². The molecular weight excluding hydrogens is 218 g/mol. The summed E-state index contributed by atoms with van der Waals surface area (Å²) >= 11 is 0. The zero-order chi connectivity index (χ0) is 13.5. The third kappa shape index (κ3) is 7.21. The van der Waals surface area contributed by atoms with Gasteiger partial charge in [0.2, 0.25) is 0 Å². The summed E-state index contributed by atoms with van der Waals surface area (Å²) in [6.07, 6.45) is 1.72. The minimum atomic E-state index is -0.487. The topological polar surface area (TPSA) is 49.8 Å². The molecule has 0 aromatic heterocycles. The molecule has 0 rings (SSSR count). The van der Waals surface area contributed by atoms with E-state index in [9.17, 15) is 4.79 Å². The van der Waals surface area contributed by atoms with E-state index in [0.29, 0.717) is 19.0 Å². The van der Waals surface area contributed by atoms with Crippen molar-refractivity contribution in [3.63, 3.8) is 0 Å². The summed E-state index contributed by atoms with van der Waals surface area (Å²) in [7, 11) is 0. The maximum atomic E-state index is 11.9. The van der Waals surface area contributed by atoms with E-state index in [2.05, 4.69) is 13.8 Å². The number of hydrogen-bond acceptors (Lipinski definition) is 3. The number of nitrogens with zero attached hydrogens (tertiary/aromatic N) is 1. The lowest BCUT2D eigenvalue weighted by Crippen LogP contribution is -2.41. The molecule has 0 aliphatic heterocycles. The zero-order valence-electron chi connectivity index (χ0n) is 11.8. The van der Waals surface area contributed by atoms with Gasteiger partial charge in [-0.3, -0.25) is 0 Å². The molecule has 1 N–H and O–H groups in total. The SMILES string of the molecule is CCC(CC)CN(CCO)C(=O)OC(C)(C)C. The smallest absolute Gasteiger partial charge is 0.410 e. The van der Waals surface area contributed by atoms with Crippen LogP contribution >= 0.6 is 0 Å². The molecule has 17 heavy (non-hydrogen) atoms. The summed E-state index contributed by atoms with van der Waals surface area (Å²) in [6.45, 7) is 10.7. The Balaban J connectivity index is 4.45. The number of carbonyl (C=O) groups is 1. The van der Waals surface area contributed by atoms with E-state index < -0.39 is 5.60 Å². The fraction of sp³-hybridized carbons (Fsp3) is 0.923. The van der Waals surface area contributed by atoms with Crippen molar-refractivity contribution < 1.29 is 14.6 Å². The van der Waals surface area contributed by atoms with Crippen molar-refractivity contribution in [1.29, 1.82) is 0 Å². The van der Waals surface area contributed by atoms with Crippen LogP contribution in [0.2, 0.25) is 0 Å². The molecule has 0 aromatic carbocycles. The fourth-order valence-electron chi connectivity index (χ4n) is 1.56. The molecule has 0 saturated carbocycles. The van der Waals surface area contributed by atoms with Crippen molar-refractivity contribution in [2.75, 3.05) is 19.7 Å². The first kappa shape index (κ1) is 16.2. The Labute approximate surface area is 105 Å². The quantitative estimate of drug-likeness (QED) is 0.782. The molecule has 4 heteroatoms. The minimum absolute atomic E-state index is 0.0284. The molecule has 0 heterocycles. The Kier molecular flexibility index (Phi) is 7.19. The molecule has 0 saturated heterocycles. The van der Waals surface area contributed by atoms with Gasteiger partial charge in [-0.25, -0.2) is 4.79 Å². The average Bonchev–Trinajstić information content (AvgIpc) is 2.21. The normalized spacial score (nSPS) is 11.7. The molecule has 0 unspecified atom stereocenters. The number of carbonyl (C=O) groups excluding carboxylic acids is 1. The lowest BCUT2D eigenvalue weighted by Gasteiger charge is -2.29. The van der Waals surface area contributed by atoms with Gasteiger partial charge in [0.15, 0.2) is 0 Å². The summed E-state index contributed by atoms with van der Waals surface area (Å²) in [5.74, 6) is 0.467. The number of aliphatic hydroxyl groups excluding tert-OH is 1. The van der Waals surface area contributed by atoms with E-state index in [4.69, 9.17) is 9.84 Å². The summed E-state index contributed by atoms with van der Waals surface area (Å²) in [6, 6.07) is 0. The lowest BCUT2D eigenvalue weighted by atomic mass is 10.0. The van der Waals surface area contributed by atoms with Crippen LogP contribution in [0.3, 0.4) is 0 Å². The Bertz CT molecular complexity index is 219. The van der Waals surface area contributed by atoms with Gasteiger partial charge in [0, 0.05) is 13.1 Å². The van der Waals surface area contributed by atoms with Gasteiger partial charge in [-0.15, -0.1) is 0 Å². The van der Waals surface area contributed by atoms with Gasteiger partial charge >= 0.3 is 6.09 Å². The first-order chi connectivity index (χ1) is 7.84. The Morgan fingerprint density at radius 2 is 1.82 bits per heavy atom.